The molecule has 3 aliphatic rings. The van der Waals surface area contributed by atoms with E-state index < -0.39 is 11.9 Å². The molecule has 3 N–H and O–H groups in total. The molecule has 27 heavy (non-hydrogen) atoms. The Labute approximate surface area is 160 Å². The molecule has 0 aliphatic carbocycles. The van der Waals surface area contributed by atoms with Gasteiger partial charge in [-0.1, -0.05) is 6.07 Å². The number of nitrogens with zero attached hydrogens (tertiary/aromatic N) is 2. The monoisotopic (exact) mass is 377 g/mol. The predicted octanol–water partition coefficient (Wildman–Crippen LogP) is 1.80. The average Bonchev–Trinajstić information content (AvgIpc) is 3.24. The Balaban J connectivity index is 0.000000281. The third-order valence-electron chi connectivity index (χ3n) is 5.48. The maximum absolute atomic E-state index is 9.00. The van der Waals surface area contributed by atoms with E-state index in [1.807, 2.05) is 0 Å². The fourth-order valence-corrected chi connectivity index (χ4v) is 4.72. The van der Waals surface area contributed by atoms with Crippen LogP contribution in [0.5, 0.6) is 0 Å². The van der Waals surface area contributed by atoms with E-state index in [1.165, 1.54) is 38.2 Å². The highest BCUT2D eigenvalue weighted by molar-refractivity contribution is 5.63. The number of fused-ring (bicyclic) bond motifs is 5. The number of aromatic nitrogens is 1. The molecular formula is C20H31N3O4. The third-order valence-corrected chi connectivity index (χ3v) is 5.48. The normalized spacial score (nSPS) is 27.8. The lowest BCUT2D eigenvalue weighted by Crippen LogP contribution is -2.35. The van der Waals surface area contributed by atoms with Gasteiger partial charge in [0, 0.05) is 50.3 Å². The largest absolute Gasteiger partial charge is 0.481 e. The Bertz CT molecular complexity index is 614. The van der Waals surface area contributed by atoms with Crippen molar-refractivity contribution in [1.29, 1.82) is 0 Å². The first-order valence-electron chi connectivity index (χ1n) is 9.57. The van der Waals surface area contributed by atoms with Gasteiger partial charge in [0.1, 0.15) is 0 Å². The number of carboxylic acid groups (broad SMARTS) is 2. The number of carboxylic acids is 2. The Morgan fingerprint density at radius 1 is 1.11 bits per heavy atom. The molecule has 4 heterocycles. The van der Waals surface area contributed by atoms with Crippen LogP contribution < -0.4 is 5.32 Å². The lowest BCUT2D eigenvalue weighted by Gasteiger charge is -2.24. The minimum absolute atomic E-state index is 0.833. The summed E-state index contributed by atoms with van der Waals surface area (Å²) in [6.07, 6.45) is 3.96. The number of pyridine rings is 1. The number of hydrogen-bond donors (Lipinski definition) is 3. The summed E-state index contributed by atoms with van der Waals surface area (Å²) >= 11 is 0. The molecule has 7 nitrogen and oxygen atoms in total. The van der Waals surface area contributed by atoms with E-state index in [9.17, 15) is 0 Å². The van der Waals surface area contributed by atoms with Gasteiger partial charge in [0.25, 0.3) is 11.9 Å². The third kappa shape index (κ3) is 6.01. The van der Waals surface area contributed by atoms with E-state index in [0.717, 1.165) is 49.9 Å². The van der Waals surface area contributed by atoms with Crippen LogP contribution in [0, 0.1) is 18.8 Å². The van der Waals surface area contributed by atoms with Crippen LogP contribution in [0.4, 0.5) is 0 Å². The lowest BCUT2D eigenvalue weighted by molar-refractivity contribution is -0.135. The smallest absolute Gasteiger partial charge is 0.300 e. The summed E-state index contributed by atoms with van der Waals surface area (Å²) in [6, 6.07) is 8.10. The van der Waals surface area contributed by atoms with Crippen molar-refractivity contribution < 1.29 is 19.8 Å². The zero-order valence-corrected chi connectivity index (χ0v) is 16.4. The molecule has 4 rings (SSSR count). The first kappa shape index (κ1) is 21.3. The van der Waals surface area contributed by atoms with Crippen molar-refractivity contribution in [3.63, 3.8) is 0 Å². The highest BCUT2D eigenvalue weighted by atomic mass is 16.4. The van der Waals surface area contributed by atoms with Crippen molar-refractivity contribution >= 4 is 11.9 Å². The van der Waals surface area contributed by atoms with Crippen molar-refractivity contribution in [3.05, 3.63) is 29.6 Å². The van der Waals surface area contributed by atoms with Crippen molar-refractivity contribution in [2.45, 2.75) is 52.1 Å². The second-order valence-electron chi connectivity index (χ2n) is 7.49. The Kier molecular flexibility index (Phi) is 7.74. The van der Waals surface area contributed by atoms with Gasteiger partial charge in [-0.05, 0) is 56.8 Å². The zero-order valence-electron chi connectivity index (χ0n) is 16.4. The number of aliphatic carboxylic acids is 2. The molecule has 2 bridgehead atoms. The highest BCUT2D eigenvalue weighted by Crippen LogP contribution is 2.47. The molecule has 4 atom stereocenters. The fraction of sp³-hybridized carbons (Fsp3) is 0.650. The molecule has 150 valence electrons. The van der Waals surface area contributed by atoms with Gasteiger partial charge in [-0.15, -0.1) is 0 Å². The molecule has 3 aliphatic heterocycles. The van der Waals surface area contributed by atoms with Crippen LogP contribution >= 0.6 is 0 Å². The van der Waals surface area contributed by atoms with E-state index in [-0.39, 0.29) is 0 Å². The number of rotatable bonds is 3. The molecule has 7 heteroatoms. The van der Waals surface area contributed by atoms with Crippen LogP contribution in [0.1, 0.15) is 38.1 Å². The molecule has 0 radical (unpaired) electrons. The van der Waals surface area contributed by atoms with E-state index in [4.69, 9.17) is 19.8 Å². The maximum Gasteiger partial charge on any atom is 0.300 e. The molecule has 0 saturated carbocycles. The van der Waals surface area contributed by atoms with E-state index in [2.05, 4.69) is 40.3 Å². The van der Waals surface area contributed by atoms with Crippen molar-refractivity contribution in [2.24, 2.45) is 11.8 Å². The molecule has 0 amide bonds. The lowest BCUT2D eigenvalue weighted by atomic mass is 9.82. The molecule has 1 aromatic heterocycles. The zero-order chi connectivity index (χ0) is 20.0. The van der Waals surface area contributed by atoms with Crippen molar-refractivity contribution in [3.8, 4) is 0 Å². The summed E-state index contributed by atoms with van der Waals surface area (Å²) in [4.78, 5) is 25.4. The van der Waals surface area contributed by atoms with E-state index >= 15 is 0 Å². The van der Waals surface area contributed by atoms with Gasteiger partial charge in [-0.3, -0.25) is 19.5 Å². The second-order valence-corrected chi connectivity index (χ2v) is 7.49. The minimum Gasteiger partial charge on any atom is -0.481 e. The molecule has 0 aromatic carbocycles. The van der Waals surface area contributed by atoms with Crippen molar-refractivity contribution in [1.82, 2.24) is 15.2 Å². The van der Waals surface area contributed by atoms with Crippen LogP contribution in [-0.4, -0.2) is 63.8 Å². The summed E-state index contributed by atoms with van der Waals surface area (Å²) in [7, 11) is 0. The minimum atomic E-state index is -0.833. The first-order chi connectivity index (χ1) is 12.8. The number of carbonyl (C=O) groups is 2. The molecular weight excluding hydrogens is 346 g/mol. The quantitative estimate of drug-likeness (QED) is 0.738. The van der Waals surface area contributed by atoms with Gasteiger partial charge in [-0.2, -0.15) is 0 Å². The average molecular weight is 377 g/mol. The molecule has 0 spiro atoms. The van der Waals surface area contributed by atoms with Crippen LogP contribution in [0.25, 0.3) is 0 Å². The SMILES string of the molecule is CC(=O)O.CC(=O)O.Cc1cccc(CCN2[C@@H]3CC[C@H]2[C@H]2CNC[C@H]23)n1. The van der Waals surface area contributed by atoms with Crippen LogP contribution in [-0.2, 0) is 16.0 Å². The first-order valence-corrected chi connectivity index (χ1v) is 9.57. The number of aryl methyl sites for hydroxylation is 1. The van der Waals surface area contributed by atoms with Crippen LogP contribution in [0.2, 0.25) is 0 Å². The van der Waals surface area contributed by atoms with Gasteiger partial charge in [0.2, 0.25) is 0 Å². The van der Waals surface area contributed by atoms with Gasteiger partial charge in [0.05, 0.1) is 0 Å². The Morgan fingerprint density at radius 3 is 2.11 bits per heavy atom. The van der Waals surface area contributed by atoms with Crippen LogP contribution in [0.3, 0.4) is 0 Å². The van der Waals surface area contributed by atoms with Crippen LogP contribution in [0.15, 0.2) is 18.2 Å². The summed E-state index contributed by atoms with van der Waals surface area (Å²) in [6.45, 7) is 7.97. The second kappa shape index (κ2) is 9.80. The molecule has 1 aromatic rings. The Morgan fingerprint density at radius 2 is 1.63 bits per heavy atom. The topological polar surface area (TPSA) is 103 Å². The standard InChI is InChI=1S/C16H23N3.2C2H4O2/c1-11-3-2-4-12(18-11)7-8-19-15-5-6-16(19)14-10-17-9-13(14)15;2*1-2(3)4/h2-4,13-17H,5-10H2,1H3;2*1H3,(H,3,4)/t13-,14+,15-,16+;;. The summed E-state index contributed by atoms with van der Waals surface area (Å²) in [5.74, 6) is 0.202. The van der Waals surface area contributed by atoms with E-state index in [0.29, 0.717) is 0 Å². The van der Waals surface area contributed by atoms with Gasteiger partial charge < -0.3 is 15.5 Å². The van der Waals surface area contributed by atoms with Gasteiger partial charge in [0.15, 0.2) is 0 Å². The Hall–Kier alpha value is -1.99. The van der Waals surface area contributed by atoms with E-state index in [1.54, 1.807) is 0 Å². The fourth-order valence-electron chi connectivity index (χ4n) is 4.72. The summed E-state index contributed by atoms with van der Waals surface area (Å²) in [5, 5.41) is 18.4. The summed E-state index contributed by atoms with van der Waals surface area (Å²) in [5.41, 5.74) is 2.40. The number of hydrogen-bond acceptors (Lipinski definition) is 5. The van der Waals surface area contributed by atoms with Gasteiger partial charge in [-0.25, -0.2) is 0 Å². The number of nitrogens with one attached hydrogen (secondary N) is 1. The highest BCUT2D eigenvalue weighted by Gasteiger charge is 2.53. The maximum atomic E-state index is 9.00. The van der Waals surface area contributed by atoms with Crippen molar-refractivity contribution in [2.75, 3.05) is 19.6 Å². The molecule has 3 saturated heterocycles. The molecule has 0 unspecified atom stereocenters. The van der Waals surface area contributed by atoms with Gasteiger partial charge >= 0.3 is 0 Å². The summed E-state index contributed by atoms with van der Waals surface area (Å²) < 4.78 is 0. The predicted molar refractivity (Wildman–Crippen MR) is 103 cm³/mol. The molecule has 3 fully saturated rings.